The van der Waals surface area contributed by atoms with Crippen molar-refractivity contribution in [3.8, 4) is 0 Å². The van der Waals surface area contributed by atoms with Crippen LogP contribution in [0.15, 0.2) is 0 Å². The Hall–Kier alpha value is -0.780. The predicted octanol–water partition coefficient (Wildman–Crippen LogP) is 3.14. The molecular formula is C14H22F3NO2. The minimum Gasteiger partial charge on any atom is -0.466 e. The Morgan fingerprint density at radius 1 is 1.25 bits per heavy atom. The molecule has 3 nitrogen and oxygen atoms in total. The molecule has 0 amide bonds. The molecule has 1 heterocycles. The van der Waals surface area contributed by atoms with Crippen LogP contribution in [0, 0.1) is 5.92 Å². The van der Waals surface area contributed by atoms with Crippen molar-refractivity contribution in [3.05, 3.63) is 0 Å². The quantitative estimate of drug-likeness (QED) is 0.749. The number of esters is 1. The first-order chi connectivity index (χ1) is 9.43. The van der Waals surface area contributed by atoms with E-state index in [2.05, 4.69) is 0 Å². The van der Waals surface area contributed by atoms with Gasteiger partial charge in [-0.25, -0.2) is 0 Å². The SMILES string of the molecule is CCOC(=O)C1CCCCC1(N1CCCC1)C(F)(F)F. The van der Waals surface area contributed by atoms with Crippen LogP contribution in [0.25, 0.3) is 0 Å². The fraction of sp³-hybridized carbons (Fsp3) is 0.929. The molecule has 0 aromatic carbocycles. The number of likely N-dealkylation sites (tertiary alicyclic amines) is 1. The van der Waals surface area contributed by atoms with Gasteiger partial charge in [0, 0.05) is 0 Å². The van der Waals surface area contributed by atoms with E-state index in [1.807, 2.05) is 0 Å². The van der Waals surface area contributed by atoms with Gasteiger partial charge in [-0.1, -0.05) is 12.8 Å². The van der Waals surface area contributed by atoms with Gasteiger partial charge in [-0.3, -0.25) is 9.69 Å². The van der Waals surface area contributed by atoms with Crippen LogP contribution in [0.4, 0.5) is 13.2 Å². The molecule has 1 aliphatic carbocycles. The summed E-state index contributed by atoms with van der Waals surface area (Å²) in [5.41, 5.74) is -2.01. The molecule has 0 radical (unpaired) electrons. The zero-order valence-electron chi connectivity index (χ0n) is 11.8. The molecule has 1 saturated heterocycles. The van der Waals surface area contributed by atoms with Crippen LogP contribution >= 0.6 is 0 Å². The van der Waals surface area contributed by atoms with Crippen molar-refractivity contribution < 1.29 is 22.7 Å². The topological polar surface area (TPSA) is 29.5 Å². The predicted molar refractivity (Wildman–Crippen MR) is 68.2 cm³/mol. The van der Waals surface area contributed by atoms with Crippen molar-refractivity contribution in [1.82, 2.24) is 4.90 Å². The number of ether oxygens (including phenoxy) is 1. The van der Waals surface area contributed by atoms with Crippen molar-refractivity contribution in [2.45, 2.75) is 57.2 Å². The highest BCUT2D eigenvalue weighted by Gasteiger charge is 2.65. The smallest absolute Gasteiger partial charge is 0.407 e. The van der Waals surface area contributed by atoms with Gasteiger partial charge >= 0.3 is 12.1 Å². The van der Waals surface area contributed by atoms with Crippen LogP contribution < -0.4 is 0 Å². The van der Waals surface area contributed by atoms with Gasteiger partial charge in [0.1, 0.15) is 5.54 Å². The summed E-state index contributed by atoms with van der Waals surface area (Å²) >= 11 is 0. The lowest BCUT2D eigenvalue weighted by molar-refractivity contribution is -0.258. The van der Waals surface area contributed by atoms with Crippen molar-refractivity contribution >= 4 is 5.97 Å². The standard InChI is InChI=1S/C14H22F3NO2/c1-2-20-12(19)11-7-3-4-8-13(11,14(15,16)17)18-9-5-6-10-18/h11H,2-10H2,1H3. The Balaban J connectivity index is 2.36. The zero-order chi connectivity index (χ0) is 14.8. The van der Waals surface area contributed by atoms with E-state index in [4.69, 9.17) is 4.74 Å². The highest BCUT2D eigenvalue weighted by Crippen LogP contribution is 2.50. The molecule has 20 heavy (non-hydrogen) atoms. The molecule has 116 valence electrons. The molecule has 1 saturated carbocycles. The summed E-state index contributed by atoms with van der Waals surface area (Å²) in [6, 6.07) is 0. The van der Waals surface area contributed by atoms with Gasteiger partial charge in [0.05, 0.1) is 12.5 Å². The monoisotopic (exact) mass is 293 g/mol. The summed E-state index contributed by atoms with van der Waals surface area (Å²) in [6.07, 6.45) is -1.38. The molecule has 6 heteroatoms. The van der Waals surface area contributed by atoms with Crippen molar-refractivity contribution in [3.63, 3.8) is 0 Å². The van der Waals surface area contributed by atoms with Crippen LogP contribution in [0.1, 0.15) is 45.4 Å². The third-order valence-electron chi connectivity index (χ3n) is 4.61. The van der Waals surface area contributed by atoms with Gasteiger partial charge in [-0.15, -0.1) is 0 Å². The first-order valence-corrected chi connectivity index (χ1v) is 7.42. The lowest BCUT2D eigenvalue weighted by Crippen LogP contribution is -2.65. The number of carbonyl (C=O) groups excluding carboxylic acids is 1. The molecule has 0 N–H and O–H groups in total. The summed E-state index contributed by atoms with van der Waals surface area (Å²) in [7, 11) is 0. The van der Waals surface area contributed by atoms with E-state index in [0.717, 1.165) is 12.8 Å². The van der Waals surface area contributed by atoms with Crippen molar-refractivity contribution in [2.24, 2.45) is 5.92 Å². The minimum absolute atomic E-state index is 0.0139. The first kappa shape index (κ1) is 15.6. The second-order valence-corrected chi connectivity index (χ2v) is 5.67. The minimum atomic E-state index is -4.39. The molecule has 0 bridgehead atoms. The summed E-state index contributed by atoms with van der Waals surface area (Å²) in [4.78, 5) is 13.6. The molecule has 2 fully saturated rings. The van der Waals surface area contributed by atoms with Crippen LogP contribution in [0.2, 0.25) is 0 Å². The van der Waals surface area contributed by atoms with E-state index in [1.165, 1.54) is 4.90 Å². The van der Waals surface area contributed by atoms with Gasteiger partial charge in [0.25, 0.3) is 0 Å². The summed E-state index contributed by atoms with van der Waals surface area (Å²) < 4.78 is 46.5. The Labute approximate surface area is 117 Å². The van der Waals surface area contributed by atoms with Gasteiger partial charge < -0.3 is 4.74 Å². The first-order valence-electron chi connectivity index (χ1n) is 7.42. The molecule has 0 aromatic rings. The highest BCUT2D eigenvalue weighted by atomic mass is 19.4. The van der Waals surface area contributed by atoms with Gasteiger partial charge in [-0.05, 0) is 45.7 Å². The number of hydrogen-bond acceptors (Lipinski definition) is 3. The van der Waals surface area contributed by atoms with E-state index < -0.39 is 23.6 Å². The van der Waals surface area contributed by atoms with Crippen LogP contribution in [-0.4, -0.2) is 42.3 Å². The van der Waals surface area contributed by atoms with Crippen molar-refractivity contribution in [1.29, 1.82) is 0 Å². The van der Waals surface area contributed by atoms with Crippen molar-refractivity contribution in [2.75, 3.05) is 19.7 Å². The molecule has 0 aromatic heterocycles. The van der Waals surface area contributed by atoms with Crippen LogP contribution in [0.5, 0.6) is 0 Å². The fourth-order valence-corrected chi connectivity index (χ4v) is 3.72. The average Bonchev–Trinajstić information content (AvgIpc) is 2.91. The maximum absolute atomic E-state index is 13.8. The lowest BCUT2D eigenvalue weighted by Gasteiger charge is -2.49. The second-order valence-electron chi connectivity index (χ2n) is 5.67. The van der Waals surface area contributed by atoms with E-state index in [9.17, 15) is 18.0 Å². The van der Waals surface area contributed by atoms with Gasteiger partial charge in [0.15, 0.2) is 0 Å². The normalized spacial score (nSPS) is 32.3. The number of carbonyl (C=O) groups is 1. The summed E-state index contributed by atoms with van der Waals surface area (Å²) in [5, 5.41) is 0. The second kappa shape index (κ2) is 5.92. The zero-order valence-corrected chi connectivity index (χ0v) is 11.8. The number of halogens is 3. The Kier molecular flexibility index (Phi) is 4.62. The summed E-state index contributed by atoms with van der Waals surface area (Å²) in [5.74, 6) is -1.76. The van der Waals surface area contributed by atoms with Crippen LogP contribution in [0.3, 0.4) is 0 Å². The third kappa shape index (κ3) is 2.54. The van der Waals surface area contributed by atoms with E-state index >= 15 is 0 Å². The molecule has 2 rings (SSSR count). The fourth-order valence-electron chi connectivity index (χ4n) is 3.72. The number of nitrogens with zero attached hydrogens (tertiary/aromatic N) is 1. The molecule has 2 atom stereocenters. The van der Waals surface area contributed by atoms with E-state index in [0.29, 0.717) is 25.9 Å². The largest absolute Gasteiger partial charge is 0.466 e. The maximum Gasteiger partial charge on any atom is 0.407 e. The molecular weight excluding hydrogens is 271 g/mol. The lowest BCUT2D eigenvalue weighted by atomic mass is 9.71. The highest BCUT2D eigenvalue weighted by molar-refractivity contribution is 5.74. The number of rotatable bonds is 3. The van der Waals surface area contributed by atoms with Crippen LogP contribution in [-0.2, 0) is 9.53 Å². The van der Waals surface area contributed by atoms with E-state index in [1.54, 1.807) is 6.92 Å². The summed E-state index contributed by atoms with van der Waals surface area (Å²) in [6.45, 7) is 2.61. The average molecular weight is 293 g/mol. The molecule has 2 unspecified atom stereocenters. The Morgan fingerprint density at radius 2 is 1.90 bits per heavy atom. The third-order valence-corrected chi connectivity index (χ3v) is 4.61. The van der Waals surface area contributed by atoms with Gasteiger partial charge in [0.2, 0.25) is 0 Å². The Morgan fingerprint density at radius 3 is 2.45 bits per heavy atom. The van der Waals surface area contributed by atoms with Gasteiger partial charge in [-0.2, -0.15) is 13.2 Å². The van der Waals surface area contributed by atoms with E-state index in [-0.39, 0.29) is 19.4 Å². The molecule has 2 aliphatic rings. The number of hydrogen-bond donors (Lipinski definition) is 0. The Bertz CT molecular complexity index is 353. The maximum atomic E-state index is 13.8. The number of alkyl halides is 3. The molecule has 0 spiro atoms. The molecule has 1 aliphatic heterocycles.